The summed E-state index contributed by atoms with van der Waals surface area (Å²) in [6, 6.07) is 1.00. The lowest BCUT2D eigenvalue weighted by Crippen LogP contribution is -2.48. The molecule has 3 N–H and O–H groups in total. The Kier molecular flexibility index (Phi) is 7.77. The third-order valence-electron chi connectivity index (χ3n) is 4.02. The Morgan fingerprint density at radius 3 is 2.89 bits per heavy atom. The average Bonchev–Trinajstić information content (AvgIpc) is 3.11. The van der Waals surface area contributed by atoms with Crippen LogP contribution in [-0.2, 0) is 19.1 Å². The van der Waals surface area contributed by atoms with E-state index in [0.717, 1.165) is 30.9 Å². The highest BCUT2D eigenvalue weighted by Gasteiger charge is 2.32. The van der Waals surface area contributed by atoms with Gasteiger partial charge in [-0.15, -0.1) is 24.0 Å². The summed E-state index contributed by atoms with van der Waals surface area (Å²) in [5.74, 6) is 1.51. The summed E-state index contributed by atoms with van der Waals surface area (Å²) in [5, 5.41) is 13.3. The molecule has 0 spiro atoms. The molecule has 1 aliphatic heterocycles. The summed E-state index contributed by atoms with van der Waals surface area (Å²) in [6.45, 7) is 1.47. The molecule has 2 aromatic heterocycles. The third-order valence-corrected chi connectivity index (χ3v) is 4.02. The molecule has 0 aromatic carbocycles. The fourth-order valence-corrected chi connectivity index (χ4v) is 2.70. The quantitative estimate of drug-likeness (QED) is 0.241. The summed E-state index contributed by atoms with van der Waals surface area (Å²) in [5.41, 5.74) is -0.977. The third kappa shape index (κ3) is 5.90. The highest BCUT2D eigenvalue weighted by molar-refractivity contribution is 14.0. The minimum absolute atomic E-state index is 0. The maximum absolute atomic E-state index is 12.6. The van der Waals surface area contributed by atoms with E-state index in [4.69, 9.17) is 0 Å². The molecule has 3 rings (SSSR count). The lowest BCUT2D eigenvalue weighted by Gasteiger charge is -2.25. The Bertz CT molecular complexity index is 793. The molecule has 13 heteroatoms. The second kappa shape index (κ2) is 9.84. The Morgan fingerprint density at radius 2 is 2.14 bits per heavy atom. The van der Waals surface area contributed by atoms with E-state index in [1.807, 2.05) is 4.68 Å². The van der Waals surface area contributed by atoms with Gasteiger partial charge in [0.15, 0.2) is 5.96 Å². The second-order valence-corrected chi connectivity index (χ2v) is 5.93. The van der Waals surface area contributed by atoms with E-state index in [0.29, 0.717) is 25.6 Å². The fourth-order valence-electron chi connectivity index (χ4n) is 2.70. The van der Waals surface area contributed by atoms with Crippen LogP contribution in [0.4, 0.5) is 19.1 Å². The van der Waals surface area contributed by atoms with Gasteiger partial charge >= 0.3 is 6.18 Å². The van der Waals surface area contributed by atoms with Gasteiger partial charge in [0.1, 0.15) is 17.8 Å². The highest BCUT2D eigenvalue weighted by atomic mass is 127. The molecule has 0 bridgehead atoms. The molecule has 9 nitrogen and oxygen atoms in total. The first-order valence-corrected chi connectivity index (χ1v) is 8.43. The van der Waals surface area contributed by atoms with Crippen LogP contribution in [0.15, 0.2) is 23.6 Å². The van der Waals surface area contributed by atoms with Crippen molar-refractivity contribution in [2.75, 3.05) is 25.5 Å². The molecular formula is C15H21F3IN9. The van der Waals surface area contributed by atoms with E-state index in [-0.39, 0.29) is 36.0 Å². The molecular weight excluding hydrogens is 490 g/mol. The van der Waals surface area contributed by atoms with Crippen LogP contribution in [0.2, 0.25) is 0 Å². The van der Waals surface area contributed by atoms with Crippen molar-refractivity contribution in [3.8, 4) is 0 Å². The number of alkyl halides is 3. The van der Waals surface area contributed by atoms with E-state index < -0.39 is 11.9 Å². The van der Waals surface area contributed by atoms with Gasteiger partial charge in [0.2, 0.25) is 5.95 Å². The zero-order valence-electron chi connectivity index (χ0n) is 15.1. The molecule has 28 heavy (non-hydrogen) atoms. The van der Waals surface area contributed by atoms with Gasteiger partial charge in [-0.25, -0.2) is 19.6 Å². The predicted octanol–water partition coefficient (Wildman–Crippen LogP) is 1.30. The van der Waals surface area contributed by atoms with Crippen molar-refractivity contribution in [1.29, 1.82) is 0 Å². The van der Waals surface area contributed by atoms with Crippen molar-refractivity contribution in [3.05, 3.63) is 30.1 Å². The minimum atomic E-state index is -4.49. The van der Waals surface area contributed by atoms with Crippen molar-refractivity contribution in [3.63, 3.8) is 0 Å². The molecule has 1 unspecified atom stereocenters. The van der Waals surface area contributed by atoms with Crippen molar-refractivity contribution in [2.45, 2.75) is 31.6 Å². The number of guanidine groups is 1. The van der Waals surface area contributed by atoms with Gasteiger partial charge in [-0.3, -0.25) is 4.99 Å². The van der Waals surface area contributed by atoms with Crippen LogP contribution in [0, 0.1) is 0 Å². The van der Waals surface area contributed by atoms with Crippen LogP contribution in [0.3, 0.4) is 0 Å². The molecule has 0 aliphatic carbocycles. The van der Waals surface area contributed by atoms with E-state index in [2.05, 4.69) is 41.0 Å². The van der Waals surface area contributed by atoms with Crippen LogP contribution in [0.5, 0.6) is 0 Å². The number of rotatable bonds is 5. The smallest absolute Gasteiger partial charge is 0.355 e. The molecule has 0 saturated carbocycles. The molecule has 1 aliphatic rings. The number of nitrogens with one attached hydrogen (secondary N) is 3. The number of aromatic nitrogens is 5. The van der Waals surface area contributed by atoms with E-state index >= 15 is 0 Å². The summed E-state index contributed by atoms with van der Waals surface area (Å²) in [6.07, 6.45) is -0.119. The molecule has 154 valence electrons. The average molecular weight is 511 g/mol. The van der Waals surface area contributed by atoms with Crippen LogP contribution in [-0.4, -0.2) is 56.9 Å². The van der Waals surface area contributed by atoms with Crippen molar-refractivity contribution in [1.82, 2.24) is 35.4 Å². The van der Waals surface area contributed by atoms with Crippen molar-refractivity contribution in [2.24, 2.45) is 4.99 Å². The molecule has 3 heterocycles. The summed E-state index contributed by atoms with van der Waals surface area (Å²) in [7, 11) is 1.66. The molecule has 0 radical (unpaired) electrons. The van der Waals surface area contributed by atoms with Crippen LogP contribution < -0.4 is 16.0 Å². The van der Waals surface area contributed by atoms with Crippen molar-refractivity contribution >= 4 is 35.9 Å². The molecule has 0 amide bonds. The van der Waals surface area contributed by atoms with Gasteiger partial charge in [0.25, 0.3) is 0 Å². The van der Waals surface area contributed by atoms with Crippen LogP contribution in [0.25, 0.3) is 0 Å². The van der Waals surface area contributed by atoms with Gasteiger partial charge in [-0.05, 0) is 12.5 Å². The van der Waals surface area contributed by atoms with Gasteiger partial charge in [0, 0.05) is 38.8 Å². The molecule has 2 aromatic rings. The summed E-state index contributed by atoms with van der Waals surface area (Å²) in [4.78, 5) is 15.6. The number of aryl methyl sites for hydroxylation is 1. The lowest BCUT2D eigenvalue weighted by molar-refractivity contribution is -0.141. The first-order chi connectivity index (χ1) is 13.0. The largest absolute Gasteiger partial charge is 0.433 e. The normalized spacial score (nSPS) is 16.7. The Hall–Kier alpha value is -2.19. The predicted molar refractivity (Wildman–Crippen MR) is 108 cm³/mol. The Labute approximate surface area is 176 Å². The fraction of sp³-hybridized carbons (Fsp3) is 0.533. The number of aliphatic imine (C=N–C) groups is 1. The van der Waals surface area contributed by atoms with E-state index in [9.17, 15) is 13.2 Å². The van der Waals surface area contributed by atoms with Crippen LogP contribution >= 0.6 is 24.0 Å². The SMILES string of the molecule is CN=C(NCCNc1nccc(C(F)(F)F)n1)NC1CCc2ncnn2C1.I. The number of hydrogen-bond donors (Lipinski definition) is 3. The standard InChI is InChI=1S/C15H20F3N9.HI/c1-19-13(25-10-2-3-12-23-9-24-27(12)8-10)21-6-7-22-14-20-5-4-11(26-14)15(16,17)18;/h4-5,9-10H,2-3,6-8H2,1H3,(H2,19,21,25)(H,20,22,26);1H. The van der Waals surface area contributed by atoms with Gasteiger partial charge in [-0.1, -0.05) is 0 Å². The molecule has 0 saturated heterocycles. The zero-order chi connectivity index (χ0) is 19.3. The molecule has 0 fully saturated rings. The summed E-state index contributed by atoms with van der Waals surface area (Å²) < 4.78 is 39.8. The Balaban J connectivity index is 0.00000280. The van der Waals surface area contributed by atoms with E-state index in [1.54, 1.807) is 13.4 Å². The zero-order valence-corrected chi connectivity index (χ0v) is 17.4. The number of nitrogens with zero attached hydrogens (tertiary/aromatic N) is 6. The highest BCUT2D eigenvalue weighted by Crippen LogP contribution is 2.27. The number of fused-ring (bicyclic) bond motifs is 1. The summed E-state index contributed by atoms with van der Waals surface area (Å²) >= 11 is 0. The second-order valence-electron chi connectivity index (χ2n) is 5.93. The van der Waals surface area contributed by atoms with Gasteiger partial charge < -0.3 is 16.0 Å². The van der Waals surface area contributed by atoms with Gasteiger partial charge in [0.05, 0.1) is 6.54 Å². The lowest BCUT2D eigenvalue weighted by atomic mass is 10.1. The first kappa shape index (κ1) is 22.1. The monoisotopic (exact) mass is 511 g/mol. The van der Waals surface area contributed by atoms with Crippen molar-refractivity contribution < 1.29 is 13.2 Å². The number of hydrogen-bond acceptors (Lipinski definition) is 6. The van der Waals surface area contributed by atoms with Gasteiger partial charge in [-0.2, -0.15) is 18.3 Å². The minimum Gasteiger partial charge on any atom is -0.355 e. The maximum atomic E-state index is 12.6. The topological polar surface area (TPSA) is 105 Å². The van der Waals surface area contributed by atoms with Crippen LogP contribution in [0.1, 0.15) is 17.9 Å². The number of anilines is 1. The van der Waals surface area contributed by atoms with E-state index in [1.165, 1.54) is 0 Å². The first-order valence-electron chi connectivity index (χ1n) is 8.43. The molecule has 1 atom stereocenters. The number of halogens is 4. The Morgan fingerprint density at radius 1 is 1.32 bits per heavy atom. The maximum Gasteiger partial charge on any atom is 0.433 e.